The van der Waals surface area contributed by atoms with Gasteiger partial charge in [0, 0.05) is 13.1 Å². The van der Waals surface area contributed by atoms with Crippen LogP contribution in [0.25, 0.3) is 0 Å². The maximum Gasteiger partial charge on any atom is 0.257 e. The molecule has 0 aromatic carbocycles. The summed E-state index contributed by atoms with van der Waals surface area (Å²) in [4.78, 5) is 18.5. The number of aromatic nitrogens is 1. The molecule has 0 bridgehead atoms. The highest BCUT2D eigenvalue weighted by atomic mass is 35.5. The van der Waals surface area contributed by atoms with E-state index in [2.05, 4.69) is 18.8 Å². The Morgan fingerprint density at radius 1 is 1.19 bits per heavy atom. The number of hydrogen-bond donors (Lipinski definition) is 1. The second-order valence-corrected chi connectivity index (χ2v) is 5.67. The van der Waals surface area contributed by atoms with Gasteiger partial charge in [0.25, 0.3) is 5.91 Å². The third kappa shape index (κ3) is 5.92. The quantitative estimate of drug-likeness (QED) is 0.551. The van der Waals surface area contributed by atoms with Crippen molar-refractivity contribution in [2.75, 3.05) is 18.8 Å². The highest BCUT2D eigenvalue weighted by Gasteiger charge is 2.19. The standard InChI is InChI=1S/C16H26ClN3O/c1-3-5-7-9-20(10-8-6-4-2)16(21)14-11-13(18)12-19-15(14)17/h11-12H,3-10,18H2,1-2H3. The maximum atomic E-state index is 12.7. The van der Waals surface area contributed by atoms with Crippen LogP contribution < -0.4 is 5.73 Å². The van der Waals surface area contributed by atoms with Crippen molar-refractivity contribution < 1.29 is 4.79 Å². The number of hydrogen-bond acceptors (Lipinski definition) is 3. The maximum absolute atomic E-state index is 12.7. The van der Waals surface area contributed by atoms with Gasteiger partial charge in [-0.15, -0.1) is 0 Å². The first-order chi connectivity index (χ1) is 10.1. The molecule has 0 aliphatic heterocycles. The van der Waals surface area contributed by atoms with Crippen molar-refractivity contribution in [2.45, 2.75) is 52.4 Å². The number of amides is 1. The van der Waals surface area contributed by atoms with Crippen LogP contribution in [0.5, 0.6) is 0 Å². The number of unbranched alkanes of at least 4 members (excludes halogenated alkanes) is 4. The number of halogens is 1. The van der Waals surface area contributed by atoms with Crippen molar-refractivity contribution in [3.8, 4) is 0 Å². The molecule has 0 aliphatic carbocycles. The van der Waals surface area contributed by atoms with Gasteiger partial charge in [0.2, 0.25) is 0 Å². The second kappa shape index (κ2) is 9.61. The Morgan fingerprint density at radius 2 is 1.76 bits per heavy atom. The van der Waals surface area contributed by atoms with Gasteiger partial charge in [-0.05, 0) is 18.9 Å². The fourth-order valence-electron chi connectivity index (χ4n) is 2.20. The number of rotatable bonds is 9. The second-order valence-electron chi connectivity index (χ2n) is 5.31. The molecular weight excluding hydrogens is 286 g/mol. The van der Waals surface area contributed by atoms with E-state index in [4.69, 9.17) is 17.3 Å². The van der Waals surface area contributed by atoms with Crippen LogP contribution in [0.4, 0.5) is 5.69 Å². The molecule has 1 amide bonds. The average Bonchev–Trinajstić information content (AvgIpc) is 2.48. The SMILES string of the molecule is CCCCCN(CCCCC)C(=O)c1cc(N)cnc1Cl. The predicted molar refractivity (Wildman–Crippen MR) is 88.6 cm³/mol. The van der Waals surface area contributed by atoms with E-state index in [0.29, 0.717) is 11.3 Å². The lowest BCUT2D eigenvalue weighted by Crippen LogP contribution is -2.33. The zero-order chi connectivity index (χ0) is 15.7. The van der Waals surface area contributed by atoms with Crippen LogP contribution in [0, 0.1) is 0 Å². The normalized spacial score (nSPS) is 10.6. The number of nitrogen functional groups attached to an aromatic ring is 1. The van der Waals surface area contributed by atoms with Crippen LogP contribution in [0.15, 0.2) is 12.3 Å². The van der Waals surface area contributed by atoms with E-state index in [0.717, 1.165) is 51.6 Å². The summed E-state index contributed by atoms with van der Waals surface area (Å²) >= 11 is 6.04. The van der Waals surface area contributed by atoms with E-state index in [1.54, 1.807) is 6.07 Å². The minimum atomic E-state index is -0.0630. The summed E-state index contributed by atoms with van der Waals surface area (Å²) in [5.74, 6) is -0.0630. The molecule has 0 atom stereocenters. The summed E-state index contributed by atoms with van der Waals surface area (Å²) in [6, 6.07) is 1.62. The Hall–Kier alpha value is -1.29. The highest BCUT2D eigenvalue weighted by Crippen LogP contribution is 2.18. The summed E-state index contributed by atoms with van der Waals surface area (Å²) in [6.45, 7) is 5.84. The number of carbonyl (C=O) groups is 1. The molecule has 1 heterocycles. The highest BCUT2D eigenvalue weighted by molar-refractivity contribution is 6.32. The van der Waals surface area contributed by atoms with E-state index in [1.807, 2.05) is 4.90 Å². The molecule has 21 heavy (non-hydrogen) atoms. The van der Waals surface area contributed by atoms with E-state index in [9.17, 15) is 4.79 Å². The number of anilines is 1. The zero-order valence-corrected chi connectivity index (χ0v) is 13.8. The summed E-state index contributed by atoms with van der Waals surface area (Å²) in [7, 11) is 0. The molecule has 0 saturated carbocycles. The molecule has 118 valence electrons. The fourth-order valence-corrected chi connectivity index (χ4v) is 2.39. The van der Waals surface area contributed by atoms with Gasteiger partial charge in [0.1, 0.15) is 5.15 Å². The molecule has 1 rings (SSSR count). The fraction of sp³-hybridized carbons (Fsp3) is 0.625. The zero-order valence-electron chi connectivity index (χ0n) is 13.1. The van der Waals surface area contributed by atoms with Crippen LogP contribution >= 0.6 is 11.6 Å². The molecule has 0 spiro atoms. The number of nitrogens with zero attached hydrogens (tertiary/aromatic N) is 2. The number of pyridine rings is 1. The molecule has 5 heteroatoms. The van der Waals surface area contributed by atoms with Crippen molar-refractivity contribution in [1.29, 1.82) is 0 Å². The molecular formula is C16H26ClN3O. The molecule has 2 N–H and O–H groups in total. The minimum absolute atomic E-state index is 0.0630. The smallest absolute Gasteiger partial charge is 0.257 e. The van der Waals surface area contributed by atoms with Crippen molar-refractivity contribution in [3.05, 3.63) is 23.0 Å². The Balaban J connectivity index is 2.79. The van der Waals surface area contributed by atoms with Gasteiger partial charge in [0.15, 0.2) is 0 Å². The van der Waals surface area contributed by atoms with Crippen molar-refractivity contribution in [2.24, 2.45) is 0 Å². The van der Waals surface area contributed by atoms with Crippen LogP contribution in [0.1, 0.15) is 62.7 Å². The van der Waals surface area contributed by atoms with Crippen LogP contribution in [-0.2, 0) is 0 Å². The number of nitrogens with two attached hydrogens (primary N) is 1. The van der Waals surface area contributed by atoms with Gasteiger partial charge in [-0.25, -0.2) is 4.98 Å². The van der Waals surface area contributed by atoms with Gasteiger partial charge in [-0.2, -0.15) is 0 Å². The first kappa shape index (κ1) is 17.8. The monoisotopic (exact) mass is 311 g/mol. The summed E-state index contributed by atoms with van der Waals surface area (Å²) in [5, 5.41) is 0.227. The van der Waals surface area contributed by atoms with E-state index in [-0.39, 0.29) is 11.1 Å². The lowest BCUT2D eigenvalue weighted by molar-refractivity contribution is 0.0749. The van der Waals surface area contributed by atoms with Crippen molar-refractivity contribution in [3.63, 3.8) is 0 Å². The molecule has 0 unspecified atom stereocenters. The summed E-state index contributed by atoms with van der Waals surface area (Å²) in [6.07, 6.45) is 8.02. The summed E-state index contributed by atoms with van der Waals surface area (Å²) in [5.41, 5.74) is 6.59. The Labute approximate surface area is 132 Å². The van der Waals surface area contributed by atoms with Crippen molar-refractivity contribution in [1.82, 2.24) is 9.88 Å². The van der Waals surface area contributed by atoms with Gasteiger partial charge in [-0.1, -0.05) is 51.1 Å². The number of carbonyl (C=O) groups excluding carboxylic acids is 1. The lowest BCUT2D eigenvalue weighted by atomic mass is 10.1. The predicted octanol–water partition coefficient (Wildman–Crippen LogP) is 4.14. The van der Waals surface area contributed by atoms with E-state index >= 15 is 0 Å². The van der Waals surface area contributed by atoms with Gasteiger partial charge < -0.3 is 10.6 Å². The molecule has 0 saturated heterocycles. The first-order valence-corrected chi connectivity index (χ1v) is 8.18. The Kier molecular flexibility index (Phi) is 8.13. The molecule has 0 fully saturated rings. The molecule has 0 aliphatic rings. The van der Waals surface area contributed by atoms with E-state index < -0.39 is 0 Å². The Bertz CT molecular complexity index is 441. The minimum Gasteiger partial charge on any atom is -0.397 e. The van der Waals surface area contributed by atoms with E-state index in [1.165, 1.54) is 6.20 Å². The lowest BCUT2D eigenvalue weighted by Gasteiger charge is -2.23. The summed E-state index contributed by atoms with van der Waals surface area (Å²) < 4.78 is 0. The first-order valence-electron chi connectivity index (χ1n) is 7.80. The van der Waals surface area contributed by atoms with Crippen LogP contribution in [0.2, 0.25) is 5.15 Å². The molecule has 1 aromatic heterocycles. The van der Waals surface area contributed by atoms with Crippen LogP contribution in [-0.4, -0.2) is 28.9 Å². The topological polar surface area (TPSA) is 59.2 Å². The Morgan fingerprint density at radius 3 is 2.29 bits per heavy atom. The largest absolute Gasteiger partial charge is 0.397 e. The van der Waals surface area contributed by atoms with Gasteiger partial charge >= 0.3 is 0 Å². The molecule has 0 radical (unpaired) electrons. The van der Waals surface area contributed by atoms with Crippen molar-refractivity contribution >= 4 is 23.2 Å². The third-order valence-corrected chi connectivity index (χ3v) is 3.74. The third-order valence-electron chi connectivity index (χ3n) is 3.44. The molecule has 1 aromatic rings. The molecule has 4 nitrogen and oxygen atoms in total. The van der Waals surface area contributed by atoms with Crippen LogP contribution in [0.3, 0.4) is 0 Å². The average molecular weight is 312 g/mol. The van der Waals surface area contributed by atoms with Gasteiger partial charge in [0.05, 0.1) is 17.4 Å². The van der Waals surface area contributed by atoms with Gasteiger partial charge in [-0.3, -0.25) is 4.79 Å².